The van der Waals surface area contributed by atoms with E-state index in [2.05, 4.69) is 50.4 Å². The van der Waals surface area contributed by atoms with E-state index in [0.717, 1.165) is 12.0 Å². The fraction of sp³-hybridized carbons (Fsp3) is 0.571. The Hall–Kier alpha value is -0.540. The molecule has 92 valence electrons. The van der Waals surface area contributed by atoms with Gasteiger partial charge in [-0.25, -0.2) is 0 Å². The average molecular weight is 295 g/mol. The number of halogens is 1. The maximum atomic E-state index is 3.65. The van der Waals surface area contributed by atoms with Gasteiger partial charge in [-0.1, -0.05) is 12.1 Å². The Bertz CT molecular complexity index is 390. The fourth-order valence-corrected chi connectivity index (χ4v) is 3.08. The molecule has 1 N–H and O–H groups in total. The van der Waals surface area contributed by atoms with Crippen LogP contribution in [0.25, 0.3) is 0 Å². The molecular formula is C14H19BrN2. The largest absolute Gasteiger partial charge is 0.370 e. The van der Waals surface area contributed by atoms with E-state index in [1.807, 2.05) is 0 Å². The zero-order valence-electron chi connectivity index (χ0n) is 10.0. The zero-order chi connectivity index (χ0) is 11.7. The van der Waals surface area contributed by atoms with E-state index >= 15 is 0 Å². The van der Waals surface area contributed by atoms with Crippen molar-refractivity contribution >= 4 is 21.6 Å². The number of hydrogen-bond acceptors (Lipinski definition) is 2. The van der Waals surface area contributed by atoms with E-state index in [1.54, 1.807) is 0 Å². The molecule has 2 aliphatic rings. The van der Waals surface area contributed by atoms with Crippen molar-refractivity contribution in [3.05, 3.63) is 28.7 Å². The first-order chi connectivity index (χ1) is 8.33. The van der Waals surface area contributed by atoms with Crippen LogP contribution in [0, 0.1) is 5.92 Å². The highest BCUT2D eigenvalue weighted by molar-refractivity contribution is 9.10. The lowest BCUT2D eigenvalue weighted by atomic mass is 10.1. The van der Waals surface area contributed by atoms with E-state index in [4.69, 9.17) is 0 Å². The molecule has 1 saturated carbocycles. The summed E-state index contributed by atoms with van der Waals surface area (Å²) < 4.78 is 1.22. The molecule has 3 heteroatoms. The van der Waals surface area contributed by atoms with Crippen LogP contribution < -0.4 is 10.2 Å². The summed E-state index contributed by atoms with van der Waals surface area (Å²) in [6.07, 6.45) is 4.10. The summed E-state index contributed by atoms with van der Waals surface area (Å²) in [5, 5.41) is 3.65. The third-order valence-corrected chi connectivity index (χ3v) is 4.42. The number of anilines is 1. The monoisotopic (exact) mass is 294 g/mol. The molecule has 1 aliphatic heterocycles. The smallest absolute Gasteiger partial charge is 0.0510 e. The number of benzene rings is 1. The standard InChI is InChI=1S/C14H19BrN2/c15-13-3-1-2-4-14(13)17-8-7-11(10-17)9-16-12-5-6-12/h1-4,11-12,16H,5-10H2. The molecule has 3 rings (SSSR count). The molecule has 0 spiro atoms. The summed E-state index contributed by atoms with van der Waals surface area (Å²) in [6, 6.07) is 9.38. The fourth-order valence-electron chi connectivity index (χ4n) is 2.55. The first-order valence-corrected chi connectivity index (χ1v) is 7.35. The van der Waals surface area contributed by atoms with Gasteiger partial charge in [-0.2, -0.15) is 0 Å². The van der Waals surface area contributed by atoms with E-state index < -0.39 is 0 Å². The van der Waals surface area contributed by atoms with Gasteiger partial charge in [0.25, 0.3) is 0 Å². The van der Waals surface area contributed by atoms with Crippen molar-refractivity contribution < 1.29 is 0 Å². The molecule has 0 amide bonds. The number of para-hydroxylation sites is 1. The normalized spacial score (nSPS) is 24.3. The predicted molar refractivity (Wildman–Crippen MR) is 75.5 cm³/mol. The SMILES string of the molecule is Brc1ccccc1N1CCC(CNC2CC2)C1. The third-order valence-electron chi connectivity index (χ3n) is 3.75. The van der Waals surface area contributed by atoms with E-state index in [1.165, 1.54) is 49.1 Å². The highest BCUT2D eigenvalue weighted by Crippen LogP contribution is 2.30. The minimum atomic E-state index is 0.822. The van der Waals surface area contributed by atoms with Crippen molar-refractivity contribution in [1.29, 1.82) is 0 Å². The molecule has 1 unspecified atom stereocenters. The average Bonchev–Trinajstić information content (AvgIpc) is 3.06. The summed E-state index contributed by atoms with van der Waals surface area (Å²) in [5.74, 6) is 0.822. The van der Waals surface area contributed by atoms with Gasteiger partial charge in [0.05, 0.1) is 5.69 Å². The molecule has 1 atom stereocenters. The maximum absolute atomic E-state index is 3.65. The van der Waals surface area contributed by atoms with Gasteiger partial charge in [0.1, 0.15) is 0 Å². The van der Waals surface area contributed by atoms with Crippen LogP contribution in [0.3, 0.4) is 0 Å². The quantitative estimate of drug-likeness (QED) is 0.918. The summed E-state index contributed by atoms with van der Waals surface area (Å²) in [5.41, 5.74) is 1.35. The van der Waals surface area contributed by atoms with Gasteiger partial charge in [-0.15, -0.1) is 0 Å². The van der Waals surface area contributed by atoms with Crippen molar-refractivity contribution in [2.24, 2.45) is 5.92 Å². The van der Waals surface area contributed by atoms with Crippen LogP contribution in [0.5, 0.6) is 0 Å². The van der Waals surface area contributed by atoms with E-state index in [-0.39, 0.29) is 0 Å². The van der Waals surface area contributed by atoms with Gasteiger partial charge in [0.15, 0.2) is 0 Å². The minimum Gasteiger partial charge on any atom is -0.370 e. The van der Waals surface area contributed by atoms with Crippen LogP contribution in [-0.2, 0) is 0 Å². The van der Waals surface area contributed by atoms with Gasteiger partial charge in [-0.3, -0.25) is 0 Å². The maximum Gasteiger partial charge on any atom is 0.0510 e. The van der Waals surface area contributed by atoms with Crippen LogP contribution in [0.4, 0.5) is 5.69 Å². The second-order valence-corrected chi connectivity index (χ2v) is 6.09. The minimum absolute atomic E-state index is 0.822. The Kier molecular flexibility index (Phi) is 3.39. The van der Waals surface area contributed by atoms with Crippen molar-refractivity contribution in [2.75, 3.05) is 24.5 Å². The number of nitrogens with zero attached hydrogens (tertiary/aromatic N) is 1. The molecule has 0 bridgehead atoms. The first kappa shape index (κ1) is 11.5. The molecule has 2 fully saturated rings. The molecule has 0 aromatic heterocycles. The van der Waals surface area contributed by atoms with Gasteiger partial charge in [0.2, 0.25) is 0 Å². The van der Waals surface area contributed by atoms with Gasteiger partial charge < -0.3 is 10.2 Å². The lowest BCUT2D eigenvalue weighted by Gasteiger charge is -2.20. The van der Waals surface area contributed by atoms with Crippen molar-refractivity contribution in [3.63, 3.8) is 0 Å². The predicted octanol–water partition coefficient (Wildman–Crippen LogP) is 3.03. The highest BCUT2D eigenvalue weighted by Gasteiger charge is 2.26. The van der Waals surface area contributed by atoms with Crippen LogP contribution >= 0.6 is 15.9 Å². The van der Waals surface area contributed by atoms with Crippen LogP contribution in [0.1, 0.15) is 19.3 Å². The number of hydrogen-bond donors (Lipinski definition) is 1. The zero-order valence-corrected chi connectivity index (χ0v) is 11.6. The Morgan fingerprint density at radius 1 is 1.24 bits per heavy atom. The van der Waals surface area contributed by atoms with Gasteiger partial charge in [0, 0.05) is 23.6 Å². The van der Waals surface area contributed by atoms with Crippen molar-refractivity contribution in [3.8, 4) is 0 Å². The number of rotatable bonds is 4. The summed E-state index contributed by atoms with van der Waals surface area (Å²) >= 11 is 3.64. The van der Waals surface area contributed by atoms with Crippen molar-refractivity contribution in [2.45, 2.75) is 25.3 Å². The Balaban J connectivity index is 1.57. The highest BCUT2D eigenvalue weighted by atomic mass is 79.9. The summed E-state index contributed by atoms with van der Waals surface area (Å²) in [4.78, 5) is 2.50. The van der Waals surface area contributed by atoms with Crippen molar-refractivity contribution in [1.82, 2.24) is 5.32 Å². The molecule has 2 nitrogen and oxygen atoms in total. The first-order valence-electron chi connectivity index (χ1n) is 6.56. The van der Waals surface area contributed by atoms with Crippen LogP contribution in [0.2, 0.25) is 0 Å². The molecule has 1 saturated heterocycles. The summed E-state index contributed by atoms with van der Waals surface area (Å²) in [7, 11) is 0. The van der Waals surface area contributed by atoms with Crippen LogP contribution in [-0.4, -0.2) is 25.7 Å². The lowest BCUT2D eigenvalue weighted by molar-refractivity contribution is 0.515. The van der Waals surface area contributed by atoms with E-state index in [0.29, 0.717) is 0 Å². The van der Waals surface area contributed by atoms with Gasteiger partial charge in [-0.05, 0) is 59.8 Å². The Morgan fingerprint density at radius 2 is 2.06 bits per heavy atom. The molecular weight excluding hydrogens is 276 g/mol. The molecule has 1 aromatic rings. The topological polar surface area (TPSA) is 15.3 Å². The lowest BCUT2D eigenvalue weighted by Crippen LogP contribution is -2.27. The second-order valence-electron chi connectivity index (χ2n) is 5.23. The van der Waals surface area contributed by atoms with Gasteiger partial charge >= 0.3 is 0 Å². The Labute approximate surface area is 112 Å². The Morgan fingerprint density at radius 3 is 2.82 bits per heavy atom. The number of nitrogens with one attached hydrogen (secondary N) is 1. The van der Waals surface area contributed by atoms with E-state index in [9.17, 15) is 0 Å². The molecule has 1 aromatic carbocycles. The summed E-state index contributed by atoms with van der Waals surface area (Å²) in [6.45, 7) is 3.59. The molecule has 1 aliphatic carbocycles. The molecule has 17 heavy (non-hydrogen) atoms. The molecule has 0 radical (unpaired) electrons. The third kappa shape index (κ3) is 2.83. The van der Waals surface area contributed by atoms with Crippen LogP contribution in [0.15, 0.2) is 28.7 Å². The second kappa shape index (κ2) is 4.99. The molecule has 1 heterocycles.